The number of rotatable bonds is 2. The molecule has 3 nitrogen and oxygen atoms in total. The minimum Gasteiger partial charge on any atom is -0.456 e. The van der Waals surface area contributed by atoms with Crippen LogP contribution in [0.2, 0.25) is 0 Å². The molecule has 0 aromatic heterocycles. The van der Waals surface area contributed by atoms with Crippen LogP contribution in [0.25, 0.3) is 0 Å². The standard InChI is InChI=1S/C9H8F3NO2/c10-5-1-6(11)8(12)7(2-5)15-9(14)3-13-4-9/h1-2,13-14H,3-4H2. The maximum atomic E-state index is 13.1. The van der Waals surface area contributed by atoms with Crippen LogP contribution in [0.1, 0.15) is 0 Å². The van der Waals surface area contributed by atoms with Gasteiger partial charge >= 0.3 is 0 Å². The van der Waals surface area contributed by atoms with Crippen LogP contribution in [0.5, 0.6) is 5.75 Å². The Morgan fingerprint density at radius 2 is 1.93 bits per heavy atom. The van der Waals surface area contributed by atoms with E-state index in [9.17, 15) is 18.3 Å². The van der Waals surface area contributed by atoms with Crippen LogP contribution in [0.4, 0.5) is 13.2 Å². The third-order valence-corrected chi connectivity index (χ3v) is 2.06. The highest BCUT2D eigenvalue weighted by Crippen LogP contribution is 2.26. The fraction of sp³-hybridized carbons (Fsp3) is 0.333. The smallest absolute Gasteiger partial charge is 0.233 e. The fourth-order valence-electron chi connectivity index (χ4n) is 1.22. The van der Waals surface area contributed by atoms with Crippen molar-refractivity contribution in [3.63, 3.8) is 0 Å². The van der Waals surface area contributed by atoms with E-state index >= 15 is 0 Å². The van der Waals surface area contributed by atoms with Gasteiger partial charge in [0.2, 0.25) is 11.6 Å². The molecule has 1 saturated heterocycles. The average molecular weight is 219 g/mol. The summed E-state index contributed by atoms with van der Waals surface area (Å²) in [4.78, 5) is 0. The van der Waals surface area contributed by atoms with Gasteiger partial charge in [0.15, 0.2) is 11.6 Å². The summed E-state index contributed by atoms with van der Waals surface area (Å²) < 4.78 is 43.3. The van der Waals surface area contributed by atoms with Crippen molar-refractivity contribution in [1.82, 2.24) is 5.32 Å². The highest BCUT2D eigenvalue weighted by molar-refractivity contribution is 5.27. The molecule has 0 aliphatic carbocycles. The van der Waals surface area contributed by atoms with Gasteiger partial charge in [0.1, 0.15) is 5.82 Å². The number of ether oxygens (including phenoxy) is 1. The Balaban J connectivity index is 2.27. The molecule has 1 aromatic carbocycles. The second kappa shape index (κ2) is 3.39. The van der Waals surface area contributed by atoms with Crippen LogP contribution in [-0.2, 0) is 0 Å². The highest BCUT2D eigenvalue weighted by Gasteiger charge is 2.37. The Labute approximate surface area is 83.5 Å². The summed E-state index contributed by atoms with van der Waals surface area (Å²) in [6, 6.07) is 1.10. The van der Waals surface area contributed by atoms with Gasteiger partial charge in [0.05, 0.1) is 13.1 Å². The lowest BCUT2D eigenvalue weighted by Gasteiger charge is -2.37. The molecule has 1 aliphatic heterocycles. The molecular formula is C9H8F3NO2. The van der Waals surface area contributed by atoms with Crippen molar-refractivity contribution in [3.05, 3.63) is 29.6 Å². The topological polar surface area (TPSA) is 41.5 Å². The maximum absolute atomic E-state index is 13.1. The first-order valence-electron chi connectivity index (χ1n) is 4.27. The van der Waals surface area contributed by atoms with Gasteiger partial charge in [-0.15, -0.1) is 0 Å². The van der Waals surface area contributed by atoms with E-state index in [1.807, 2.05) is 0 Å². The summed E-state index contributed by atoms with van der Waals surface area (Å²) in [6.07, 6.45) is 0. The molecule has 2 rings (SSSR count). The molecule has 1 aliphatic rings. The van der Waals surface area contributed by atoms with E-state index in [1.54, 1.807) is 0 Å². The first-order valence-corrected chi connectivity index (χ1v) is 4.27. The molecule has 1 fully saturated rings. The number of nitrogens with one attached hydrogen (secondary N) is 1. The maximum Gasteiger partial charge on any atom is 0.233 e. The second-order valence-electron chi connectivity index (χ2n) is 3.35. The zero-order valence-corrected chi connectivity index (χ0v) is 7.56. The van der Waals surface area contributed by atoms with Crippen molar-refractivity contribution in [2.45, 2.75) is 5.79 Å². The predicted molar refractivity (Wildman–Crippen MR) is 44.8 cm³/mol. The van der Waals surface area contributed by atoms with E-state index in [1.165, 1.54) is 0 Å². The summed E-state index contributed by atoms with van der Waals surface area (Å²) in [5.74, 6) is -5.82. The van der Waals surface area contributed by atoms with Gasteiger partial charge < -0.3 is 15.2 Å². The lowest BCUT2D eigenvalue weighted by Crippen LogP contribution is -2.63. The number of benzene rings is 1. The number of hydrogen-bond donors (Lipinski definition) is 2. The van der Waals surface area contributed by atoms with Gasteiger partial charge in [-0.3, -0.25) is 0 Å². The molecule has 2 N–H and O–H groups in total. The van der Waals surface area contributed by atoms with Crippen molar-refractivity contribution in [2.24, 2.45) is 0 Å². The third-order valence-electron chi connectivity index (χ3n) is 2.06. The molecule has 0 spiro atoms. The molecule has 0 atom stereocenters. The monoisotopic (exact) mass is 219 g/mol. The van der Waals surface area contributed by atoms with E-state index in [0.717, 1.165) is 0 Å². The Morgan fingerprint density at radius 3 is 2.47 bits per heavy atom. The summed E-state index contributed by atoms with van der Waals surface area (Å²) in [5.41, 5.74) is 0. The van der Waals surface area contributed by atoms with Crippen molar-refractivity contribution in [1.29, 1.82) is 0 Å². The van der Waals surface area contributed by atoms with Gasteiger partial charge in [-0.25, -0.2) is 8.78 Å². The van der Waals surface area contributed by atoms with Gasteiger partial charge in [0, 0.05) is 12.1 Å². The molecule has 0 radical (unpaired) electrons. The molecule has 1 aromatic rings. The highest BCUT2D eigenvalue weighted by atomic mass is 19.2. The predicted octanol–water partition coefficient (Wildman–Crippen LogP) is 0.774. The lowest BCUT2D eigenvalue weighted by atomic mass is 10.1. The number of β-amino-alcohol motifs (C(OH)–C–C–N with tert-alkyl or cyclic N) is 1. The normalized spacial score (nSPS) is 18.4. The van der Waals surface area contributed by atoms with E-state index < -0.39 is 29.0 Å². The summed E-state index contributed by atoms with van der Waals surface area (Å²) in [6.45, 7) is 0.176. The Kier molecular flexibility index (Phi) is 2.32. The number of halogens is 3. The fourth-order valence-corrected chi connectivity index (χ4v) is 1.22. The van der Waals surface area contributed by atoms with Crippen LogP contribution < -0.4 is 10.1 Å². The Morgan fingerprint density at radius 1 is 1.27 bits per heavy atom. The van der Waals surface area contributed by atoms with E-state index in [2.05, 4.69) is 5.32 Å². The van der Waals surface area contributed by atoms with Crippen LogP contribution in [0.3, 0.4) is 0 Å². The molecule has 0 amide bonds. The van der Waals surface area contributed by atoms with Crippen LogP contribution in [0, 0.1) is 17.5 Å². The summed E-state index contributed by atoms with van der Waals surface area (Å²) in [5, 5.41) is 12.2. The van der Waals surface area contributed by atoms with Crippen molar-refractivity contribution >= 4 is 0 Å². The van der Waals surface area contributed by atoms with E-state index in [0.29, 0.717) is 12.1 Å². The van der Waals surface area contributed by atoms with Gasteiger partial charge in [-0.2, -0.15) is 4.39 Å². The third kappa shape index (κ3) is 1.91. The summed E-state index contributed by atoms with van der Waals surface area (Å²) in [7, 11) is 0. The van der Waals surface area contributed by atoms with E-state index in [4.69, 9.17) is 4.74 Å². The molecule has 6 heteroatoms. The molecular weight excluding hydrogens is 211 g/mol. The molecule has 82 valence electrons. The van der Waals surface area contributed by atoms with Gasteiger partial charge in [-0.05, 0) is 0 Å². The van der Waals surface area contributed by atoms with Crippen molar-refractivity contribution < 1.29 is 23.0 Å². The van der Waals surface area contributed by atoms with Crippen LogP contribution >= 0.6 is 0 Å². The first kappa shape index (κ1) is 10.3. The van der Waals surface area contributed by atoms with Crippen molar-refractivity contribution in [2.75, 3.05) is 13.1 Å². The Bertz CT molecular complexity index is 393. The minimum atomic E-state index is -1.58. The largest absolute Gasteiger partial charge is 0.456 e. The van der Waals surface area contributed by atoms with Crippen LogP contribution in [0.15, 0.2) is 12.1 Å². The molecule has 1 heterocycles. The quantitative estimate of drug-likeness (QED) is 0.570. The first-order chi connectivity index (χ1) is 7.00. The average Bonchev–Trinajstić information content (AvgIpc) is 2.11. The molecule has 0 saturated carbocycles. The summed E-state index contributed by atoms with van der Waals surface area (Å²) >= 11 is 0. The molecule has 15 heavy (non-hydrogen) atoms. The Hall–Kier alpha value is -1.27. The van der Waals surface area contributed by atoms with Gasteiger partial charge in [0.25, 0.3) is 0 Å². The lowest BCUT2D eigenvalue weighted by molar-refractivity contribution is -0.171. The molecule has 0 bridgehead atoms. The van der Waals surface area contributed by atoms with Gasteiger partial charge in [-0.1, -0.05) is 0 Å². The van der Waals surface area contributed by atoms with Crippen molar-refractivity contribution in [3.8, 4) is 5.75 Å². The number of hydrogen-bond acceptors (Lipinski definition) is 3. The molecule has 0 unspecified atom stereocenters. The second-order valence-corrected chi connectivity index (χ2v) is 3.35. The SMILES string of the molecule is OC1(Oc2cc(F)cc(F)c2F)CNC1. The minimum absolute atomic E-state index is 0.0879. The van der Waals surface area contributed by atoms with Crippen LogP contribution in [-0.4, -0.2) is 24.0 Å². The zero-order chi connectivity index (χ0) is 11.1. The zero-order valence-electron chi connectivity index (χ0n) is 7.56. The van der Waals surface area contributed by atoms with E-state index in [-0.39, 0.29) is 13.1 Å². The number of aliphatic hydroxyl groups is 1.